The molecule has 0 saturated heterocycles. The monoisotopic (exact) mass is 309 g/mol. The molecule has 5 heteroatoms. The molecule has 0 aromatic heterocycles. The third kappa shape index (κ3) is 5.08. The van der Waals surface area contributed by atoms with Gasteiger partial charge in [-0.1, -0.05) is 32.0 Å². The van der Waals surface area contributed by atoms with Crippen LogP contribution in [-0.4, -0.2) is 34.0 Å². The van der Waals surface area contributed by atoms with Crippen LogP contribution in [0.3, 0.4) is 0 Å². The van der Waals surface area contributed by atoms with Crippen LogP contribution < -0.4 is 4.90 Å². The first-order valence-electron chi connectivity index (χ1n) is 7.06. The second-order valence-electron chi connectivity index (χ2n) is 5.51. The Kier molecular flexibility index (Phi) is 6.75. The van der Waals surface area contributed by atoms with E-state index in [4.69, 9.17) is 0 Å². The van der Waals surface area contributed by atoms with Gasteiger partial charge < -0.3 is 10.0 Å². The van der Waals surface area contributed by atoms with Crippen molar-refractivity contribution >= 4 is 29.3 Å². The maximum Gasteiger partial charge on any atom is 0.316 e. The summed E-state index contributed by atoms with van der Waals surface area (Å²) in [6.45, 7) is 7.61. The molecule has 0 aliphatic rings. The highest BCUT2D eigenvalue weighted by Gasteiger charge is 2.25. The van der Waals surface area contributed by atoms with Crippen molar-refractivity contribution in [2.75, 3.05) is 10.7 Å². The fourth-order valence-corrected chi connectivity index (χ4v) is 3.09. The lowest BCUT2D eigenvalue weighted by molar-refractivity contribution is -0.137. The van der Waals surface area contributed by atoms with Crippen LogP contribution in [0, 0.1) is 5.92 Å². The minimum atomic E-state index is -0.862. The van der Waals surface area contributed by atoms with Gasteiger partial charge in [-0.05, 0) is 31.9 Å². The van der Waals surface area contributed by atoms with Gasteiger partial charge in [-0.15, -0.1) is 11.8 Å². The lowest BCUT2D eigenvalue weighted by atomic mass is 10.1. The van der Waals surface area contributed by atoms with Gasteiger partial charge in [0.05, 0.1) is 5.75 Å². The fourth-order valence-electron chi connectivity index (χ4n) is 2.10. The van der Waals surface area contributed by atoms with E-state index in [0.29, 0.717) is 0 Å². The normalized spacial score (nSPS) is 12.5. The molecule has 4 nitrogen and oxygen atoms in total. The number of para-hydroxylation sites is 1. The smallest absolute Gasteiger partial charge is 0.316 e. The van der Waals surface area contributed by atoms with Crippen molar-refractivity contribution in [3.05, 3.63) is 30.3 Å². The Balaban J connectivity index is 2.77. The molecule has 21 heavy (non-hydrogen) atoms. The highest BCUT2D eigenvalue weighted by atomic mass is 32.2. The molecule has 1 aromatic rings. The number of benzene rings is 1. The van der Waals surface area contributed by atoms with E-state index in [-0.39, 0.29) is 23.6 Å². The Bertz CT molecular complexity index is 474. The second-order valence-corrected chi connectivity index (χ2v) is 6.64. The fraction of sp³-hybridized carbons (Fsp3) is 0.500. The Labute approximate surface area is 130 Å². The van der Waals surface area contributed by atoms with E-state index < -0.39 is 11.2 Å². The number of carbonyl (C=O) groups is 2. The zero-order chi connectivity index (χ0) is 16.0. The first-order valence-corrected chi connectivity index (χ1v) is 8.11. The van der Waals surface area contributed by atoms with Crippen molar-refractivity contribution in [3.8, 4) is 0 Å². The Morgan fingerprint density at radius 2 is 1.71 bits per heavy atom. The molecule has 0 radical (unpaired) electrons. The summed E-state index contributed by atoms with van der Waals surface area (Å²) in [6, 6.07) is 9.49. The number of carboxylic acid groups (broad SMARTS) is 1. The van der Waals surface area contributed by atoms with Gasteiger partial charge in [-0.25, -0.2) is 0 Å². The Hall–Kier alpha value is -1.49. The Morgan fingerprint density at radius 1 is 1.14 bits per heavy atom. The SMILES string of the molecule is CC(C)C(SCC(=O)N(c1ccccc1)C(C)C)C(=O)O. The number of hydrogen-bond donors (Lipinski definition) is 1. The molecule has 0 aliphatic carbocycles. The molecule has 116 valence electrons. The number of thioether (sulfide) groups is 1. The van der Waals surface area contributed by atoms with Crippen LogP contribution in [0.1, 0.15) is 27.7 Å². The van der Waals surface area contributed by atoms with E-state index in [0.717, 1.165) is 5.69 Å². The van der Waals surface area contributed by atoms with Gasteiger partial charge in [0.2, 0.25) is 5.91 Å². The molecule has 1 rings (SSSR count). The maximum absolute atomic E-state index is 12.4. The number of hydrogen-bond acceptors (Lipinski definition) is 3. The average molecular weight is 309 g/mol. The summed E-state index contributed by atoms with van der Waals surface area (Å²) in [5.74, 6) is -0.765. The van der Waals surface area contributed by atoms with Gasteiger partial charge in [0.25, 0.3) is 0 Å². The van der Waals surface area contributed by atoms with Gasteiger partial charge >= 0.3 is 5.97 Å². The zero-order valence-corrected chi connectivity index (χ0v) is 13.8. The summed E-state index contributed by atoms with van der Waals surface area (Å²) in [4.78, 5) is 25.3. The lowest BCUT2D eigenvalue weighted by Gasteiger charge is -2.27. The van der Waals surface area contributed by atoms with Crippen molar-refractivity contribution < 1.29 is 14.7 Å². The first-order chi connectivity index (χ1) is 9.84. The van der Waals surface area contributed by atoms with E-state index in [1.807, 2.05) is 58.0 Å². The standard InChI is InChI=1S/C16H23NO3S/c1-11(2)15(16(19)20)21-10-14(18)17(12(3)4)13-8-6-5-7-9-13/h5-9,11-12,15H,10H2,1-4H3,(H,19,20). The number of amides is 1. The average Bonchev–Trinajstić information content (AvgIpc) is 2.39. The summed E-state index contributed by atoms with van der Waals surface area (Å²) < 4.78 is 0. The molecule has 0 aliphatic heterocycles. The number of carboxylic acids is 1. The molecule has 1 amide bonds. The van der Waals surface area contributed by atoms with E-state index >= 15 is 0 Å². The summed E-state index contributed by atoms with van der Waals surface area (Å²) in [5, 5.41) is 8.62. The number of nitrogens with zero attached hydrogens (tertiary/aromatic N) is 1. The summed E-state index contributed by atoms with van der Waals surface area (Å²) >= 11 is 1.20. The lowest BCUT2D eigenvalue weighted by Crippen LogP contribution is -2.39. The minimum Gasteiger partial charge on any atom is -0.480 e. The topological polar surface area (TPSA) is 57.6 Å². The summed E-state index contributed by atoms with van der Waals surface area (Å²) in [7, 11) is 0. The quantitative estimate of drug-likeness (QED) is 0.840. The first kappa shape index (κ1) is 17.6. The number of anilines is 1. The van der Waals surface area contributed by atoms with E-state index in [1.54, 1.807) is 4.90 Å². The largest absolute Gasteiger partial charge is 0.480 e. The van der Waals surface area contributed by atoms with Crippen molar-refractivity contribution in [2.24, 2.45) is 5.92 Å². The molecule has 1 aromatic carbocycles. The maximum atomic E-state index is 12.4. The van der Waals surface area contributed by atoms with Crippen molar-refractivity contribution in [1.29, 1.82) is 0 Å². The van der Waals surface area contributed by atoms with Gasteiger partial charge in [-0.3, -0.25) is 9.59 Å². The summed E-state index contributed by atoms with van der Waals surface area (Å²) in [6.07, 6.45) is 0. The van der Waals surface area contributed by atoms with Crippen LogP contribution in [0.5, 0.6) is 0 Å². The van der Waals surface area contributed by atoms with Crippen LogP contribution in [0.15, 0.2) is 30.3 Å². The van der Waals surface area contributed by atoms with Crippen LogP contribution in [0.25, 0.3) is 0 Å². The highest BCUT2D eigenvalue weighted by Crippen LogP contribution is 2.23. The van der Waals surface area contributed by atoms with Crippen LogP contribution >= 0.6 is 11.8 Å². The zero-order valence-electron chi connectivity index (χ0n) is 12.9. The molecular weight excluding hydrogens is 286 g/mol. The van der Waals surface area contributed by atoms with E-state index in [2.05, 4.69) is 0 Å². The van der Waals surface area contributed by atoms with Crippen LogP contribution in [0.4, 0.5) is 5.69 Å². The number of rotatable bonds is 7. The van der Waals surface area contributed by atoms with Crippen LogP contribution in [0.2, 0.25) is 0 Å². The van der Waals surface area contributed by atoms with Crippen molar-refractivity contribution in [1.82, 2.24) is 0 Å². The molecule has 0 fully saturated rings. The van der Waals surface area contributed by atoms with Crippen molar-refractivity contribution in [2.45, 2.75) is 39.0 Å². The van der Waals surface area contributed by atoms with Crippen molar-refractivity contribution in [3.63, 3.8) is 0 Å². The van der Waals surface area contributed by atoms with E-state index in [1.165, 1.54) is 11.8 Å². The van der Waals surface area contributed by atoms with Gasteiger partial charge in [-0.2, -0.15) is 0 Å². The molecule has 0 saturated carbocycles. The number of carbonyl (C=O) groups excluding carboxylic acids is 1. The van der Waals surface area contributed by atoms with E-state index in [9.17, 15) is 14.7 Å². The van der Waals surface area contributed by atoms with Crippen LogP contribution in [-0.2, 0) is 9.59 Å². The third-order valence-corrected chi connectivity index (χ3v) is 4.57. The third-order valence-electron chi connectivity index (χ3n) is 3.05. The predicted octanol–water partition coefficient (Wildman–Crippen LogP) is 3.27. The molecule has 0 spiro atoms. The molecule has 1 unspecified atom stereocenters. The Morgan fingerprint density at radius 3 is 2.14 bits per heavy atom. The number of aliphatic carboxylic acids is 1. The second kappa shape index (κ2) is 8.08. The van der Waals surface area contributed by atoms with Gasteiger partial charge in [0, 0.05) is 11.7 Å². The molecule has 0 heterocycles. The molecule has 1 atom stereocenters. The summed E-state index contributed by atoms with van der Waals surface area (Å²) in [5.41, 5.74) is 0.842. The molecule has 0 bridgehead atoms. The minimum absolute atomic E-state index is 0.00970. The van der Waals surface area contributed by atoms with Gasteiger partial charge in [0.15, 0.2) is 0 Å². The molecular formula is C16H23NO3S. The molecule has 1 N–H and O–H groups in total. The predicted molar refractivity (Wildman–Crippen MR) is 87.8 cm³/mol. The highest BCUT2D eigenvalue weighted by molar-refractivity contribution is 8.01. The van der Waals surface area contributed by atoms with Gasteiger partial charge in [0.1, 0.15) is 5.25 Å².